The third kappa shape index (κ3) is 3.75. The number of hydrazine groups is 1. The van der Waals surface area contributed by atoms with Gasteiger partial charge in [0.15, 0.2) is 0 Å². The van der Waals surface area contributed by atoms with Crippen LogP contribution in [-0.2, 0) is 0 Å². The Morgan fingerprint density at radius 1 is 1.03 bits per heavy atom. The van der Waals surface area contributed by atoms with Crippen molar-refractivity contribution in [3.8, 4) is 5.82 Å². The number of hydrogen-bond donors (Lipinski definition) is 2. The highest BCUT2D eigenvalue weighted by Gasteiger charge is 2.26. The first-order chi connectivity index (χ1) is 15.4. The Kier molecular flexibility index (Phi) is 5.30. The molecule has 32 heavy (non-hydrogen) atoms. The summed E-state index contributed by atoms with van der Waals surface area (Å²) in [6.07, 6.45) is 2.47. The van der Waals surface area contributed by atoms with Gasteiger partial charge in [0.1, 0.15) is 17.7 Å². The molecule has 0 aliphatic heterocycles. The number of anilines is 1. The first kappa shape index (κ1) is 20.6. The Morgan fingerprint density at radius 3 is 2.56 bits per heavy atom. The van der Waals surface area contributed by atoms with Gasteiger partial charge in [-0.05, 0) is 24.3 Å². The summed E-state index contributed by atoms with van der Waals surface area (Å²) in [5.41, 5.74) is 4.73. The van der Waals surface area contributed by atoms with Crippen LogP contribution in [0, 0.1) is 20.2 Å². The average Bonchev–Trinajstić information content (AvgIpc) is 3.21. The number of nitrogens with zero attached hydrogens (tertiary/aromatic N) is 6. The molecule has 1 amide bonds. The number of hydrogen-bond acceptors (Lipinski definition) is 9. The van der Waals surface area contributed by atoms with E-state index in [0.29, 0.717) is 11.0 Å². The normalized spacial score (nSPS) is 10.7. The highest BCUT2D eigenvalue weighted by Crippen LogP contribution is 2.30. The lowest BCUT2D eigenvalue weighted by atomic mass is 10.2. The van der Waals surface area contributed by atoms with Crippen LogP contribution in [0.3, 0.4) is 0 Å². The van der Waals surface area contributed by atoms with Crippen LogP contribution in [0.5, 0.6) is 0 Å². The molecule has 2 aromatic heterocycles. The Balaban J connectivity index is 1.66. The number of nitro groups is 2. The number of nitro benzene ring substituents is 1. The summed E-state index contributed by atoms with van der Waals surface area (Å²) < 4.78 is 1.42. The Labute approximate surface area is 183 Å². The van der Waals surface area contributed by atoms with Gasteiger partial charge in [0.25, 0.3) is 11.6 Å². The number of imidazole rings is 1. The first-order valence-electron chi connectivity index (χ1n) is 8.79. The molecule has 2 heterocycles. The van der Waals surface area contributed by atoms with E-state index in [2.05, 4.69) is 25.8 Å². The average molecular weight is 455 g/mol. The SMILES string of the molecule is O=C(NNc1ncnc(-n2cnc3ccccc32)c1[N+](=O)[O-])c1ccc(Cl)c([N+](=O)[O-])c1. The second kappa shape index (κ2) is 8.23. The van der Waals surface area contributed by atoms with Crippen molar-refractivity contribution in [2.75, 3.05) is 5.43 Å². The number of carbonyl (C=O) groups excluding carboxylic acids is 1. The maximum Gasteiger partial charge on any atom is 0.355 e. The van der Waals surface area contributed by atoms with Crippen LogP contribution in [0.2, 0.25) is 5.02 Å². The quantitative estimate of drug-likeness (QED) is 0.328. The third-order valence-electron chi connectivity index (χ3n) is 4.37. The minimum atomic E-state index is -0.799. The van der Waals surface area contributed by atoms with Gasteiger partial charge in [-0.15, -0.1) is 0 Å². The Hall–Kier alpha value is -4.65. The molecule has 160 valence electrons. The number of fused-ring (bicyclic) bond motifs is 1. The molecule has 14 heteroatoms. The third-order valence-corrected chi connectivity index (χ3v) is 4.69. The fourth-order valence-corrected chi connectivity index (χ4v) is 3.10. The molecule has 0 bridgehead atoms. The van der Waals surface area contributed by atoms with Crippen molar-refractivity contribution >= 4 is 45.7 Å². The summed E-state index contributed by atoms with van der Waals surface area (Å²) in [6, 6.07) is 10.4. The lowest BCUT2D eigenvalue weighted by molar-refractivity contribution is -0.384. The standard InChI is InChI=1S/C18H11ClN8O5/c19-11-6-5-10(7-14(11)26(29)30)18(28)24-23-16-15(27(31)32)17(21-8-20-16)25-9-22-12-3-1-2-4-13(12)25/h1-9H,(H,24,28)(H,20,21,23). The van der Waals surface area contributed by atoms with Crippen LogP contribution in [0.25, 0.3) is 16.9 Å². The highest BCUT2D eigenvalue weighted by molar-refractivity contribution is 6.32. The van der Waals surface area contributed by atoms with E-state index in [0.717, 1.165) is 12.4 Å². The number of benzene rings is 2. The van der Waals surface area contributed by atoms with Crippen molar-refractivity contribution in [1.82, 2.24) is 24.9 Å². The number of rotatable bonds is 6. The molecule has 2 aromatic carbocycles. The predicted octanol–water partition coefficient (Wildman–Crippen LogP) is 3.04. The molecule has 0 radical (unpaired) electrons. The minimum absolute atomic E-state index is 0.0717. The molecule has 0 saturated carbocycles. The highest BCUT2D eigenvalue weighted by atomic mass is 35.5. The van der Waals surface area contributed by atoms with Crippen molar-refractivity contribution in [2.45, 2.75) is 0 Å². The zero-order valence-electron chi connectivity index (χ0n) is 15.8. The molecule has 0 atom stereocenters. The van der Waals surface area contributed by atoms with Gasteiger partial charge >= 0.3 is 5.69 Å². The van der Waals surface area contributed by atoms with E-state index in [9.17, 15) is 25.0 Å². The lowest BCUT2D eigenvalue weighted by Gasteiger charge is -2.10. The predicted molar refractivity (Wildman–Crippen MR) is 113 cm³/mol. The molecule has 0 aliphatic rings. The number of halogens is 1. The second-order valence-corrected chi connectivity index (χ2v) is 6.66. The van der Waals surface area contributed by atoms with Crippen LogP contribution in [0.4, 0.5) is 17.2 Å². The van der Waals surface area contributed by atoms with E-state index in [1.165, 1.54) is 23.0 Å². The molecular formula is C18H11ClN8O5. The maximum atomic E-state index is 12.4. The van der Waals surface area contributed by atoms with Crippen LogP contribution in [0.1, 0.15) is 10.4 Å². The number of para-hydroxylation sites is 2. The summed E-state index contributed by atoms with van der Waals surface area (Å²) in [5.74, 6) is -1.17. The van der Waals surface area contributed by atoms with E-state index in [1.54, 1.807) is 24.3 Å². The van der Waals surface area contributed by atoms with Gasteiger partial charge in [0.05, 0.1) is 20.9 Å². The molecule has 0 spiro atoms. The van der Waals surface area contributed by atoms with E-state index < -0.39 is 27.1 Å². The number of carbonyl (C=O) groups is 1. The van der Waals surface area contributed by atoms with Gasteiger partial charge in [-0.25, -0.2) is 15.0 Å². The Morgan fingerprint density at radius 2 is 1.81 bits per heavy atom. The number of nitrogens with one attached hydrogen (secondary N) is 2. The van der Waals surface area contributed by atoms with Crippen molar-refractivity contribution in [3.05, 3.63) is 85.9 Å². The molecule has 0 saturated heterocycles. The van der Waals surface area contributed by atoms with Gasteiger partial charge < -0.3 is 0 Å². The van der Waals surface area contributed by atoms with Crippen LogP contribution in [-0.4, -0.2) is 35.3 Å². The summed E-state index contributed by atoms with van der Waals surface area (Å²) in [4.78, 5) is 45.8. The zero-order chi connectivity index (χ0) is 22.8. The molecule has 13 nitrogen and oxygen atoms in total. The maximum absolute atomic E-state index is 12.4. The van der Waals surface area contributed by atoms with Crippen LogP contribution < -0.4 is 10.9 Å². The van der Waals surface area contributed by atoms with Gasteiger partial charge in [-0.3, -0.25) is 40.4 Å². The molecule has 4 aromatic rings. The van der Waals surface area contributed by atoms with Gasteiger partial charge in [0.2, 0.25) is 11.6 Å². The monoisotopic (exact) mass is 454 g/mol. The summed E-state index contributed by atoms with van der Waals surface area (Å²) >= 11 is 5.74. The van der Waals surface area contributed by atoms with Crippen LogP contribution in [0.15, 0.2) is 55.1 Å². The van der Waals surface area contributed by atoms with Crippen molar-refractivity contribution < 1.29 is 14.6 Å². The van der Waals surface area contributed by atoms with Crippen molar-refractivity contribution in [3.63, 3.8) is 0 Å². The smallest absolute Gasteiger partial charge is 0.277 e. The summed E-state index contributed by atoms with van der Waals surface area (Å²) in [5, 5.41) is 22.7. The lowest BCUT2D eigenvalue weighted by Crippen LogP contribution is -2.30. The zero-order valence-corrected chi connectivity index (χ0v) is 16.6. The second-order valence-electron chi connectivity index (χ2n) is 6.26. The van der Waals surface area contributed by atoms with E-state index in [4.69, 9.17) is 11.6 Å². The fraction of sp³-hybridized carbons (Fsp3) is 0. The van der Waals surface area contributed by atoms with Crippen molar-refractivity contribution in [2.24, 2.45) is 0 Å². The molecule has 0 aliphatic carbocycles. The van der Waals surface area contributed by atoms with Crippen molar-refractivity contribution in [1.29, 1.82) is 0 Å². The summed E-state index contributed by atoms with van der Waals surface area (Å²) in [7, 11) is 0. The molecule has 2 N–H and O–H groups in total. The molecule has 4 rings (SSSR count). The Bertz CT molecular complexity index is 1390. The van der Waals surface area contributed by atoms with Gasteiger partial charge in [0, 0.05) is 11.6 Å². The number of amides is 1. The minimum Gasteiger partial charge on any atom is -0.277 e. The van der Waals surface area contributed by atoms with E-state index >= 15 is 0 Å². The topological polar surface area (TPSA) is 171 Å². The number of aromatic nitrogens is 4. The summed E-state index contributed by atoms with van der Waals surface area (Å²) in [6.45, 7) is 0. The molecular weight excluding hydrogens is 444 g/mol. The van der Waals surface area contributed by atoms with Crippen LogP contribution >= 0.6 is 11.6 Å². The molecule has 0 fully saturated rings. The fourth-order valence-electron chi connectivity index (χ4n) is 2.92. The van der Waals surface area contributed by atoms with E-state index in [1.807, 2.05) is 0 Å². The van der Waals surface area contributed by atoms with E-state index in [-0.39, 0.29) is 22.2 Å². The molecule has 0 unspecified atom stereocenters. The first-order valence-corrected chi connectivity index (χ1v) is 9.16. The van der Waals surface area contributed by atoms with Gasteiger partial charge in [-0.1, -0.05) is 23.7 Å². The van der Waals surface area contributed by atoms with Gasteiger partial charge in [-0.2, -0.15) is 0 Å². The largest absolute Gasteiger partial charge is 0.355 e.